The van der Waals surface area contributed by atoms with Crippen LogP contribution in [-0.2, 0) is 9.53 Å². The van der Waals surface area contributed by atoms with Crippen molar-refractivity contribution in [1.82, 2.24) is 9.80 Å². The number of amides is 2. The number of piperazine rings is 1. The molecule has 1 aromatic heterocycles. The lowest BCUT2D eigenvalue weighted by Crippen LogP contribution is -2.51. The zero-order valence-corrected chi connectivity index (χ0v) is 15.4. The predicted molar refractivity (Wildman–Crippen MR) is 97.4 cm³/mol. The zero-order valence-electron chi connectivity index (χ0n) is 15.4. The van der Waals surface area contributed by atoms with Crippen LogP contribution in [0.5, 0.6) is 0 Å². The second-order valence-electron chi connectivity index (χ2n) is 6.47. The smallest absolute Gasteiger partial charge is 0.338 e. The van der Waals surface area contributed by atoms with Crippen LogP contribution in [0.3, 0.4) is 0 Å². The molecule has 1 aromatic carbocycles. The summed E-state index contributed by atoms with van der Waals surface area (Å²) in [6.07, 6.45) is 1.46. The van der Waals surface area contributed by atoms with E-state index in [4.69, 9.17) is 9.15 Å². The lowest BCUT2D eigenvalue weighted by molar-refractivity contribution is -0.136. The molecule has 27 heavy (non-hydrogen) atoms. The third-order valence-corrected chi connectivity index (χ3v) is 4.80. The van der Waals surface area contributed by atoms with E-state index in [0.717, 1.165) is 11.1 Å². The van der Waals surface area contributed by atoms with E-state index in [1.54, 1.807) is 34.1 Å². The van der Waals surface area contributed by atoms with Crippen LogP contribution >= 0.6 is 0 Å². The molecule has 7 heteroatoms. The van der Waals surface area contributed by atoms with Gasteiger partial charge >= 0.3 is 5.97 Å². The van der Waals surface area contributed by atoms with E-state index in [1.807, 2.05) is 19.9 Å². The van der Waals surface area contributed by atoms with E-state index in [9.17, 15) is 14.4 Å². The molecule has 2 amide bonds. The van der Waals surface area contributed by atoms with Crippen LogP contribution in [0.4, 0.5) is 0 Å². The van der Waals surface area contributed by atoms with Gasteiger partial charge in [-0.05, 0) is 43.2 Å². The molecule has 0 unspecified atom stereocenters. The highest BCUT2D eigenvalue weighted by molar-refractivity contribution is 5.93. The maximum absolute atomic E-state index is 12.3. The summed E-state index contributed by atoms with van der Waals surface area (Å²) in [5, 5.41) is 0. The minimum atomic E-state index is -0.504. The van der Waals surface area contributed by atoms with Gasteiger partial charge in [0.1, 0.15) is 0 Å². The molecular formula is C20H22N2O5. The molecule has 1 aliphatic rings. The Labute approximate surface area is 157 Å². The predicted octanol–water partition coefficient (Wildman–Crippen LogP) is 2.04. The molecule has 1 aliphatic heterocycles. The molecule has 0 aliphatic carbocycles. The Kier molecular flexibility index (Phi) is 5.59. The Balaban J connectivity index is 1.49. The summed E-state index contributed by atoms with van der Waals surface area (Å²) in [5.74, 6) is -0.666. The third kappa shape index (κ3) is 4.19. The normalized spacial score (nSPS) is 14.1. The number of hydrogen-bond donors (Lipinski definition) is 0. The van der Waals surface area contributed by atoms with Crippen LogP contribution in [-0.4, -0.2) is 60.4 Å². The minimum absolute atomic E-state index is 0.187. The number of ether oxygens (including phenoxy) is 1. The third-order valence-electron chi connectivity index (χ3n) is 4.80. The van der Waals surface area contributed by atoms with Gasteiger partial charge in [-0.25, -0.2) is 4.79 Å². The number of benzene rings is 1. The Morgan fingerprint density at radius 1 is 1.00 bits per heavy atom. The van der Waals surface area contributed by atoms with Gasteiger partial charge < -0.3 is 19.0 Å². The summed E-state index contributed by atoms with van der Waals surface area (Å²) in [6.45, 7) is 5.08. The van der Waals surface area contributed by atoms with Crippen molar-refractivity contribution < 1.29 is 23.5 Å². The first kappa shape index (κ1) is 18.7. The molecule has 0 N–H and O–H groups in total. The summed E-state index contributed by atoms with van der Waals surface area (Å²) in [7, 11) is 0. The van der Waals surface area contributed by atoms with E-state index in [2.05, 4.69) is 0 Å². The highest BCUT2D eigenvalue weighted by atomic mass is 16.5. The molecule has 1 fully saturated rings. The van der Waals surface area contributed by atoms with Crippen LogP contribution in [0.2, 0.25) is 0 Å². The standard InChI is InChI=1S/C20H22N2O5/c1-14-5-3-6-16(15(14)2)20(25)27-13-18(23)21-8-10-22(11-9-21)19(24)17-7-4-12-26-17/h3-7,12H,8-11,13H2,1-2H3. The fourth-order valence-electron chi connectivity index (χ4n) is 2.98. The molecule has 1 saturated heterocycles. The number of rotatable bonds is 4. The Hall–Kier alpha value is -3.09. The number of hydrogen-bond acceptors (Lipinski definition) is 5. The van der Waals surface area contributed by atoms with Gasteiger partial charge in [-0.2, -0.15) is 0 Å². The van der Waals surface area contributed by atoms with E-state index >= 15 is 0 Å². The van der Waals surface area contributed by atoms with Crippen LogP contribution < -0.4 is 0 Å². The van der Waals surface area contributed by atoms with Gasteiger partial charge in [-0.1, -0.05) is 12.1 Å². The summed E-state index contributed by atoms with van der Waals surface area (Å²) < 4.78 is 10.3. The fourth-order valence-corrected chi connectivity index (χ4v) is 2.98. The number of esters is 1. The van der Waals surface area contributed by atoms with Crippen LogP contribution in [0.1, 0.15) is 32.0 Å². The van der Waals surface area contributed by atoms with Crippen molar-refractivity contribution >= 4 is 17.8 Å². The molecule has 0 saturated carbocycles. The van der Waals surface area contributed by atoms with Crippen molar-refractivity contribution in [1.29, 1.82) is 0 Å². The first-order valence-corrected chi connectivity index (χ1v) is 8.81. The number of aryl methyl sites for hydroxylation is 1. The number of carbonyl (C=O) groups excluding carboxylic acids is 3. The lowest BCUT2D eigenvalue weighted by Gasteiger charge is -2.34. The highest BCUT2D eigenvalue weighted by Crippen LogP contribution is 2.14. The summed E-state index contributed by atoms with van der Waals surface area (Å²) in [4.78, 5) is 40.0. The first-order valence-electron chi connectivity index (χ1n) is 8.81. The second-order valence-corrected chi connectivity index (χ2v) is 6.47. The van der Waals surface area contributed by atoms with Gasteiger partial charge in [-0.15, -0.1) is 0 Å². The molecular weight excluding hydrogens is 348 g/mol. The zero-order chi connectivity index (χ0) is 19.4. The highest BCUT2D eigenvalue weighted by Gasteiger charge is 2.26. The molecule has 3 rings (SSSR count). The molecule has 7 nitrogen and oxygen atoms in total. The SMILES string of the molecule is Cc1cccc(C(=O)OCC(=O)N2CCN(C(=O)c3ccco3)CC2)c1C. The van der Waals surface area contributed by atoms with Crippen molar-refractivity contribution in [2.45, 2.75) is 13.8 Å². The Morgan fingerprint density at radius 2 is 1.70 bits per heavy atom. The Morgan fingerprint density at radius 3 is 2.37 bits per heavy atom. The number of furan rings is 1. The molecule has 0 spiro atoms. The topological polar surface area (TPSA) is 80.1 Å². The maximum Gasteiger partial charge on any atom is 0.338 e. The van der Waals surface area contributed by atoms with Crippen molar-refractivity contribution in [2.75, 3.05) is 32.8 Å². The van der Waals surface area contributed by atoms with Gasteiger partial charge in [0.25, 0.3) is 11.8 Å². The molecule has 2 aromatic rings. The van der Waals surface area contributed by atoms with E-state index in [-0.39, 0.29) is 24.2 Å². The second kappa shape index (κ2) is 8.07. The minimum Gasteiger partial charge on any atom is -0.459 e. The first-order chi connectivity index (χ1) is 13.0. The molecule has 142 valence electrons. The Bertz CT molecular complexity index is 836. The number of carbonyl (C=O) groups is 3. The summed E-state index contributed by atoms with van der Waals surface area (Å²) in [6, 6.07) is 8.68. The van der Waals surface area contributed by atoms with Gasteiger partial charge in [-0.3, -0.25) is 9.59 Å². The van der Waals surface area contributed by atoms with Crippen LogP contribution in [0.25, 0.3) is 0 Å². The van der Waals surface area contributed by atoms with Gasteiger partial charge in [0.2, 0.25) is 0 Å². The molecule has 0 atom stereocenters. The largest absolute Gasteiger partial charge is 0.459 e. The summed E-state index contributed by atoms with van der Waals surface area (Å²) in [5.41, 5.74) is 2.31. The average molecular weight is 370 g/mol. The monoisotopic (exact) mass is 370 g/mol. The van der Waals surface area contributed by atoms with Gasteiger partial charge in [0.05, 0.1) is 11.8 Å². The quantitative estimate of drug-likeness (QED) is 0.770. The van der Waals surface area contributed by atoms with Crippen molar-refractivity contribution in [3.05, 3.63) is 59.0 Å². The van der Waals surface area contributed by atoms with E-state index < -0.39 is 5.97 Å². The van der Waals surface area contributed by atoms with Crippen molar-refractivity contribution in [3.63, 3.8) is 0 Å². The van der Waals surface area contributed by atoms with Crippen molar-refractivity contribution in [2.24, 2.45) is 0 Å². The van der Waals surface area contributed by atoms with Gasteiger partial charge in [0, 0.05) is 26.2 Å². The van der Waals surface area contributed by atoms with Gasteiger partial charge in [0.15, 0.2) is 12.4 Å². The van der Waals surface area contributed by atoms with Crippen LogP contribution in [0.15, 0.2) is 41.0 Å². The molecule has 2 heterocycles. The average Bonchev–Trinajstić information content (AvgIpc) is 3.22. The molecule has 0 bridgehead atoms. The lowest BCUT2D eigenvalue weighted by atomic mass is 10.0. The van der Waals surface area contributed by atoms with E-state index in [0.29, 0.717) is 31.7 Å². The van der Waals surface area contributed by atoms with Crippen molar-refractivity contribution in [3.8, 4) is 0 Å². The fraction of sp³-hybridized carbons (Fsp3) is 0.350. The molecule has 0 radical (unpaired) electrons. The van der Waals surface area contributed by atoms with E-state index in [1.165, 1.54) is 6.26 Å². The summed E-state index contributed by atoms with van der Waals surface area (Å²) >= 11 is 0. The maximum atomic E-state index is 12.3. The number of nitrogens with zero attached hydrogens (tertiary/aromatic N) is 2. The van der Waals surface area contributed by atoms with Crippen LogP contribution in [0, 0.1) is 13.8 Å².